The molecule has 1 spiro atoms. The first kappa shape index (κ1) is 11.7. The van der Waals surface area contributed by atoms with Crippen LogP contribution in [0.2, 0.25) is 0 Å². The van der Waals surface area contributed by atoms with E-state index in [4.69, 9.17) is 4.74 Å². The highest BCUT2D eigenvalue weighted by Crippen LogP contribution is 2.44. The summed E-state index contributed by atoms with van der Waals surface area (Å²) >= 11 is 0. The van der Waals surface area contributed by atoms with Crippen LogP contribution in [0.3, 0.4) is 0 Å². The zero-order valence-corrected chi connectivity index (χ0v) is 11.1. The molecule has 1 N–H and O–H groups in total. The highest BCUT2D eigenvalue weighted by Gasteiger charge is 2.44. The van der Waals surface area contributed by atoms with Crippen LogP contribution in [-0.4, -0.2) is 19.2 Å². The Morgan fingerprint density at radius 3 is 2.68 bits per heavy atom. The quantitative estimate of drug-likeness (QED) is 0.902. The Labute approximate surface area is 113 Å². The Kier molecular flexibility index (Phi) is 2.59. The maximum Gasteiger partial charge on any atom is 0.126 e. The van der Waals surface area contributed by atoms with Gasteiger partial charge in [0.1, 0.15) is 11.6 Å². The van der Waals surface area contributed by atoms with Crippen LogP contribution in [0.25, 0.3) is 0 Å². The highest BCUT2D eigenvalue weighted by atomic mass is 19.1. The van der Waals surface area contributed by atoms with Crippen molar-refractivity contribution in [1.82, 2.24) is 5.32 Å². The predicted molar refractivity (Wildman–Crippen MR) is 71.9 cm³/mol. The summed E-state index contributed by atoms with van der Waals surface area (Å²) in [5.41, 5.74) is 1.36. The van der Waals surface area contributed by atoms with Gasteiger partial charge in [-0.2, -0.15) is 0 Å². The van der Waals surface area contributed by atoms with Crippen molar-refractivity contribution in [3.05, 3.63) is 29.6 Å². The third-order valence-electron chi connectivity index (χ3n) is 4.94. The van der Waals surface area contributed by atoms with Gasteiger partial charge in [0.2, 0.25) is 0 Å². The molecule has 102 valence electrons. The zero-order valence-electron chi connectivity index (χ0n) is 11.1. The number of benzene rings is 1. The third-order valence-corrected chi connectivity index (χ3v) is 4.94. The van der Waals surface area contributed by atoms with E-state index in [9.17, 15) is 4.39 Å². The van der Waals surface area contributed by atoms with Crippen LogP contribution in [0.1, 0.15) is 43.6 Å². The molecule has 1 atom stereocenters. The molecule has 2 nitrogen and oxygen atoms in total. The summed E-state index contributed by atoms with van der Waals surface area (Å²) in [6.45, 7) is 2.28. The van der Waals surface area contributed by atoms with Crippen molar-refractivity contribution in [1.29, 1.82) is 0 Å². The minimum atomic E-state index is -0.0686. The molecule has 1 aromatic rings. The molecular weight excluding hydrogens is 241 g/mol. The molecule has 0 bridgehead atoms. The van der Waals surface area contributed by atoms with E-state index in [0.29, 0.717) is 17.4 Å². The Morgan fingerprint density at radius 1 is 1.21 bits per heavy atom. The largest absolute Gasteiger partial charge is 0.490 e. The van der Waals surface area contributed by atoms with Crippen molar-refractivity contribution in [2.75, 3.05) is 13.1 Å². The lowest BCUT2D eigenvalue weighted by atomic mass is 9.80. The third kappa shape index (κ3) is 2.14. The number of rotatable bonds is 3. The SMILES string of the molecule is Fc1ccc(OC2CCC3(CNC3)C2)cc1C1CC1. The van der Waals surface area contributed by atoms with Gasteiger partial charge in [-0.1, -0.05) is 0 Å². The summed E-state index contributed by atoms with van der Waals surface area (Å²) in [4.78, 5) is 0. The van der Waals surface area contributed by atoms with E-state index >= 15 is 0 Å². The van der Waals surface area contributed by atoms with Crippen LogP contribution in [0.4, 0.5) is 4.39 Å². The molecule has 1 unspecified atom stereocenters. The van der Waals surface area contributed by atoms with Gasteiger partial charge in [-0.05, 0) is 67.2 Å². The van der Waals surface area contributed by atoms with Crippen molar-refractivity contribution in [3.63, 3.8) is 0 Å². The van der Waals surface area contributed by atoms with Gasteiger partial charge in [0.25, 0.3) is 0 Å². The molecule has 1 aromatic carbocycles. The summed E-state index contributed by atoms with van der Waals surface area (Å²) in [5.74, 6) is 1.23. The van der Waals surface area contributed by atoms with E-state index < -0.39 is 0 Å². The number of nitrogens with one attached hydrogen (secondary N) is 1. The van der Waals surface area contributed by atoms with Crippen LogP contribution in [0.15, 0.2) is 18.2 Å². The normalized spacial score (nSPS) is 28.4. The minimum Gasteiger partial charge on any atom is -0.490 e. The van der Waals surface area contributed by atoms with E-state index in [1.165, 1.54) is 6.42 Å². The molecule has 0 amide bonds. The van der Waals surface area contributed by atoms with E-state index in [-0.39, 0.29) is 5.82 Å². The van der Waals surface area contributed by atoms with Gasteiger partial charge in [0, 0.05) is 13.1 Å². The summed E-state index contributed by atoms with van der Waals surface area (Å²) in [5, 5.41) is 3.36. The molecule has 2 aliphatic carbocycles. The van der Waals surface area contributed by atoms with Gasteiger partial charge >= 0.3 is 0 Å². The van der Waals surface area contributed by atoms with Crippen LogP contribution in [-0.2, 0) is 0 Å². The molecule has 1 aliphatic heterocycles. The number of hydrogen-bond donors (Lipinski definition) is 1. The Hall–Kier alpha value is -1.09. The Morgan fingerprint density at radius 2 is 2.05 bits per heavy atom. The van der Waals surface area contributed by atoms with Crippen molar-refractivity contribution in [3.8, 4) is 5.75 Å². The van der Waals surface area contributed by atoms with Crippen LogP contribution in [0, 0.1) is 11.2 Å². The molecular formula is C16H20FNO. The fraction of sp³-hybridized carbons (Fsp3) is 0.625. The molecule has 1 saturated heterocycles. The fourth-order valence-electron chi connectivity index (χ4n) is 3.55. The van der Waals surface area contributed by atoms with Gasteiger partial charge in [0.05, 0.1) is 6.10 Å². The molecule has 4 rings (SSSR count). The summed E-state index contributed by atoms with van der Waals surface area (Å²) in [6.07, 6.45) is 6.12. The molecule has 1 heterocycles. The topological polar surface area (TPSA) is 21.3 Å². The van der Waals surface area contributed by atoms with Crippen LogP contribution in [0.5, 0.6) is 5.75 Å². The first-order valence-corrected chi connectivity index (χ1v) is 7.41. The van der Waals surface area contributed by atoms with E-state index in [2.05, 4.69) is 5.32 Å². The molecule has 0 aromatic heterocycles. The Balaban J connectivity index is 1.46. The lowest BCUT2D eigenvalue weighted by Gasteiger charge is -2.39. The highest BCUT2D eigenvalue weighted by molar-refractivity contribution is 5.34. The first-order valence-electron chi connectivity index (χ1n) is 7.41. The van der Waals surface area contributed by atoms with Gasteiger partial charge in [0.15, 0.2) is 0 Å². The van der Waals surface area contributed by atoms with Gasteiger partial charge < -0.3 is 10.1 Å². The smallest absolute Gasteiger partial charge is 0.126 e. The molecule has 3 aliphatic rings. The molecule has 3 heteroatoms. The minimum absolute atomic E-state index is 0.0686. The number of hydrogen-bond acceptors (Lipinski definition) is 2. The first-order chi connectivity index (χ1) is 9.24. The van der Waals surface area contributed by atoms with Crippen molar-refractivity contribution >= 4 is 0 Å². The average Bonchev–Trinajstić information content (AvgIpc) is 3.11. The second-order valence-electron chi connectivity index (χ2n) is 6.54. The molecule has 2 saturated carbocycles. The average molecular weight is 261 g/mol. The van der Waals surface area contributed by atoms with Crippen LogP contribution < -0.4 is 10.1 Å². The van der Waals surface area contributed by atoms with Crippen LogP contribution >= 0.6 is 0 Å². The maximum absolute atomic E-state index is 13.7. The van der Waals surface area contributed by atoms with E-state index in [0.717, 1.165) is 50.1 Å². The zero-order chi connectivity index (χ0) is 12.9. The lowest BCUT2D eigenvalue weighted by molar-refractivity contribution is 0.137. The lowest BCUT2D eigenvalue weighted by Crippen LogP contribution is -2.52. The molecule has 3 fully saturated rings. The summed E-state index contributed by atoms with van der Waals surface area (Å²) < 4.78 is 19.8. The number of halogens is 1. The van der Waals surface area contributed by atoms with Crippen molar-refractivity contribution in [2.24, 2.45) is 5.41 Å². The van der Waals surface area contributed by atoms with E-state index in [1.54, 1.807) is 12.1 Å². The standard InChI is InChI=1S/C16H20FNO/c17-15-4-3-12(7-14(15)11-1-2-11)19-13-5-6-16(8-13)9-18-10-16/h3-4,7,11,13,18H,1-2,5-6,8-10H2. The summed E-state index contributed by atoms with van der Waals surface area (Å²) in [7, 11) is 0. The van der Waals surface area contributed by atoms with Gasteiger partial charge in [-0.25, -0.2) is 4.39 Å². The summed E-state index contributed by atoms with van der Waals surface area (Å²) in [6, 6.07) is 5.28. The van der Waals surface area contributed by atoms with Crippen molar-refractivity contribution < 1.29 is 9.13 Å². The predicted octanol–water partition coefficient (Wildman–Crippen LogP) is 3.22. The molecule has 0 radical (unpaired) electrons. The maximum atomic E-state index is 13.7. The fourth-order valence-corrected chi connectivity index (χ4v) is 3.55. The monoisotopic (exact) mass is 261 g/mol. The second-order valence-corrected chi connectivity index (χ2v) is 6.54. The Bertz CT molecular complexity index is 494. The van der Waals surface area contributed by atoms with E-state index in [1.807, 2.05) is 6.07 Å². The van der Waals surface area contributed by atoms with Gasteiger partial charge in [-0.15, -0.1) is 0 Å². The van der Waals surface area contributed by atoms with Crippen molar-refractivity contribution in [2.45, 2.75) is 44.1 Å². The number of ether oxygens (including phenoxy) is 1. The second kappa shape index (κ2) is 4.20. The molecule has 19 heavy (non-hydrogen) atoms. The van der Waals surface area contributed by atoms with Gasteiger partial charge in [-0.3, -0.25) is 0 Å².